The van der Waals surface area contributed by atoms with Gasteiger partial charge < -0.3 is 14.2 Å². The zero-order valence-corrected chi connectivity index (χ0v) is 13.1. The van der Waals surface area contributed by atoms with E-state index in [1.807, 2.05) is 30.3 Å². The average Bonchev–Trinajstić information content (AvgIpc) is 3.18. The minimum absolute atomic E-state index is 0.172. The Labute approximate surface area is 142 Å². The van der Waals surface area contributed by atoms with Crippen molar-refractivity contribution in [3.8, 4) is 11.3 Å². The van der Waals surface area contributed by atoms with Crippen molar-refractivity contribution in [1.29, 1.82) is 0 Å². The monoisotopic (exact) mass is 331 g/mol. The predicted octanol–water partition coefficient (Wildman–Crippen LogP) is 4.31. The van der Waals surface area contributed by atoms with E-state index in [1.165, 1.54) is 12.3 Å². The fourth-order valence-electron chi connectivity index (χ4n) is 2.58. The topological polar surface area (TPSA) is 72.5 Å². The number of carbonyl (C=O) groups is 1. The van der Waals surface area contributed by atoms with Crippen LogP contribution in [0.25, 0.3) is 22.3 Å². The SMILES string of the molecule is O=C(Nc1ccc2oc(-c3ccccc3)cc(=O)c2c1)c1ccco1. The molecule has 0 saturated carbocycles. The standard InChI is InChI=1S/C20H13NO4/c22-16-12-19(13-5-2-1-3-6-13)25-17-9-8-14(11-15(16)17)21-20(23)18-7-4-10-24-18/h1-12H,(H,21,23). The van der Waals surface area contributed by atoms with Crippen molar-refractivity contribution in [3.63, 3.8) is 0 Å². The summed E-state index contributed by atoms with van der Waals surface area (Å²) in [5, 5.41) is 3.10. The Morgan fingerprint density at radius 3 is 2.52 bits per heavy atom. The zero-order valence-electron chi connectivity index (χ0n) is 13.1. The van der Waals surface area contributed by atoms with Gasteiger partial charge in [0, 0.05) is 17.3 Å². The predicted molar refractivity (Wildman–Crippen MR) is 94.6 cm³/mol. The number of amides is 1. The third kappa shape index (κ3) is 2.95. The second-order valence-electron chi connectivity index (χ2n) is 5.48. The lowest BCUT2D eigenvalue weighted by atomic mass is 10.1. The molecule has 5 heteroatoms. The third-order valence-corrected chi connectivity index (χ3v) is 3.79. The maximum Gasteiger partial charge on any atom is 0.291 e. The van der Waals surface area contributed by atoms with Crippen molar-refractivity contribution in [3.05, 3.63) is 89.0 Å². The molecule has 5 nitrogen and oxygen atoms in total. The smallest absolute Gasteiger partial charge is 0.291 e. The number of hydrogen-bond acceptors (Lipinski definition) is 4. The Kier molecular flexibility index (Phi) is 3.67. The summed E-state index contributed by atoms with van der Waals surface area (Å²) >= 11 is 0. The number of carbonyl (C=O) groups excluding carboxylic acids is 1. The summed E-state index contributed by atoms with van der Waals surface area (Å²) in [6.07, 6.45) is 1.43. The molecule has 2 aromatic carbocycles. The van der Waals surface area contributed by atoms with E-state index in [9.17, 15) is 9.59 Å². The van der Waals surface area contributed by atoms with Gasteiger partial charge in [0.25, 0.3) is 5.91 Å². The quantitative estimate of drug-likeness (QED) is 0.607. The molecule has 0 radical (unpaired) electrons. The molecule has 0 unspecified atom stereocenters. The van der Waals surface area contributed by atoms with Crippen molar-refractivity contribution < 1.29 is 13.6 Å². The van der Waals surface area contributed by atoms with Crippen LogP contribution in [-0.2, 0) is 0 Å². The Bertz CT molecular complexity index is 1100. The van der Waals surface area contributed by atoms with Crippen LogP contribution in [0.1, 0.15) is 10.6 Å². The Balaban J connectivity index is 1.71. The summed E-state index contributed by atoms with van der Waals surface area (Å²) in [5.74, 6) is 0.326. The van der Waals surface area contributed by atoms with E-state index in [-0.39, 0.29) is 17.1 Å². The van der Waals surface area contributed by atoms with Gasteiger partial charge in [-0.2, -0.15) is 0 Å². The molecule has 1 N–H and O–H groups in total. The molecule has 0 bridgehead atoms. The lowest BCUT2D eigenvalue weighted by Crippen LogP contribution is -2.11. The summed E-state index contributed by atoms with van der Waals surface area (Å²) in [6, 6.07) is 19.0. The molecule has 25 heavy (non-hydrogen) atoms. The van der Waals surface area contributed by atoms with Crippen LogP contribution in [0.5, 0.6) is 0 Å². The molecule has 122 valence electrons. The number of furan rings is 1. The van der Waals surface area contributed by atoms with E-state index < -0.39 is 0 Å². The first kappa shape index (κ1) is 15.0. The van der Waals surface area contributed by atoms with Crippen molar-refractivity contribution in [2.24, 2.45) is 0 Å². The highest BCUT2D eigenvalue weighted by Crippen LogP contribution is 2.24. The Morgan fingerprint density at radius 2 is 1.76 bits per heavy atom. The normalized spacial score (nSPS) is 10.7. The largest absolute Gasteiger partial charge is 0.459 e. The third-order valence-electron chi connectivity index (χ3n) is 3.79. The summed E-state index contributed by atoms with van der Waals surface area (Å²) in [5.41, 5.74) is 1.61. The molecule has 0 atom stereocenters. The van der Waals surface area contributed by atoms with Crippen LogP contribution in [0.3, 0.4) is 0 Å². The van der Waals surface area contributed by atoms with E-state index >= 15 is 0 Å². The van der Waals surface area contributed by atoms with Gasteiger partial charge in [-0.25, -0.2) is 0 Å². The lowest BCUT2D eigenvalue weighted by Gasteiger charge is -2.06. The number of anilines is 1. The summed E-state index contributed by atoms with van der Waals surface area (Å²) in [7, 11) is 0. The van der Waals surface area contributed by atoms with Crippen molar-refractivity contribution >= 4 is 22.6 Å². The lowest BCUT2D eigenvalue weighted by molar-refractivity contribution is 0.0996. The number of fused-ring (bicyclic) bond motifs is 1. The van der Waals surface area contributed by atoms with E-state index in [0.717, 1.165) is 5.56 Å². The minimum Gasteiger partial charge on any atom is -0.459 e. The van der Waals surface area contributed by atoms with Gasteiger partial charge in [0.1, 0.15) is 11.3 Å². The second kappa shape index (κ2) is 6.13. The number of nitrogens with one attached hydrogen (secondary N) is 1. The highest BCUT2D eigenvalue weighted by Gasteiger charge is 2.11. The van der Waals surface area contributed by atoms with Crippen LogP contribution in [0.4, 0.5) is 5.69 Å². The van der Waals surface area contributed by atoms with Crippen LogP contribution in [0.15, 0.2) is 86.6 Å². The van der Waals surface area contributed by atoms with Gasteiger partial charge in [0.05, 0.1) is 11.6 Å². The molecule has 1 amide bonds. The summed E-state index contributed by atoms with van der Waals surface area (Å²) in [6.45, 7) is 0. The van der Waals surface area contributed by atoms with Crippen molar-refractivity contribution in [1.82, 2.24) is 0 Å². The molecule has 0 aliphatic rings. The van der Waals surface area contributed by atoms with Crippen molar-refractivity contribution in [2.45, 2.75) is 0 Å². The van der Waals surface area contributed by atoms with Gasteiger partial charge in [-0.3, -0.25) is 9.59 Å². The minimum atomic E-state index is -0.380. The first-order chi connectivity index (χ1) is 12.2. The Hall–Kier alpha value is -3.60. The molecular formula is C20H13NO4. The number of hydrogen-bond donors (Lipinski definition) is 1. The molecule has 2 aromatic heterocycles. The molecule has 0 saturated heterocycles. The van der Waals surface area contributed by atoms with Gasteiger partial charge in [0.15, 0.2) is 11.2 Å². The van der Waals surface area contributed by atoms with Gasteiger partial charge in [0.2, 0.25) is 0 Å². The molecular weight excluding hydrogens is 318 g/mol. The molecule has 0 aliphatic carbocycles. The number of benzene rings is 2. The first-order valence-corrected chi connectivity index (χ1v) is 7.69. The van der Waals surface area contributed by atoms with E-state index in [1.54, 1.807) is 30.3 Å². The summed E-state index contributed by atoms with van der Waals surface area (Å²) in [4.78, 5) is 24.5. The van der Waals surface area contributed by atoms with Crippen LogP contribution in [0, 0.1) is 0 Å². The first-order valence-electron chi connectivity index (χ1n) is 7.69. The molecule has 0 spiro atoms. The van der Waals surface area contributed by atoms with Crippen LogP contribution in [0.2, 0.25) is 0 Å². The fraction of sp³-hybridized carbons (Fsp3) is 0. The molecule has 0 aliphatic heterocycles. The zero-order chi connectivity index (χ0) is 17.2. The molecule has 0 fully saturated rings. The average molecular weight is 331 g/mol. The Morgan fingerprint density at radius 1 is 0.920 bits per heavy atom. The van der Waals surface area contributed by atoms with Crippen molar-refractivity contribution in [2.75, 3.05) is 5.32 Å². The second-order valence-corrected chi connectivity index (χ2v) is 5.48. The molecule has 4 aromatic rings. The van der Waals surface area contributed by atoms with E-state index in [4.69, 9.17) is 8.83 Å². The van der Waals surface area contributed by atoms with Crippen LogP contribution < -0.4 is 10.7 Å². The molecule has 2 heterocycles. The van der Waals surface area contributed by atoms with Crippen LogP contribution >= 0.6 is 0 Å². The van der Waals surface area contributed by atoms with E-state index in [2.05, 4.69) is 5.32 Å². The van der Waals surface area contributed by atoms with Crippen LogP contribution in [-0.4, -0.2) is 5.91 Å². The van der Waals surface area contributed by atoms with Gasteiger partial charge >= 0.3 is 0 Å². The number of rotatable bonds is 3. The van der Waals surface area contributed by atoms with Gasteiger partial charge in [-0.05, 0) is 30.3 Å². The highest BCUT2D eigenvalue weighted by molar-refractivity contribution is 6.03. The molecule has 4 rings (SSSR count). The maximum absolute atomic E-state index is 12.4. The fourth-order valence-corrected chi connectivity index (χ4v) is 2.58. The van der Waals surface area contributed by atoms with Gasteiger partial charge in [-0.15, -0.1) is 0 Å². The summed E-state index contributed by atoms with van der Waals surface area (Å²) < 4.78 is 10.9. The maximum atomic E-state index is 12.4. The van der Waals surface area contributed by atoms with E-state index in [0.29, 0.717) is 22.4 Å². The van der Waals surface area contributed by atoms with Gasteiger partial charge in [-0.1, -0.05) is 30.3 Å². The highest BCUT2D eigenvalue weighted by atomic mass is 16.3.